The van der Waals surface area contributed by atoms with Gasteiger partial charge in [-0.05, 0) is 31.0 Å². The molecule has 1 atom stereocenters. The number of carbonyl (C=O) groups is 2. The van der Waals surface area contributed by atoms with Gasteiger partial charge in [-0.1, -0.05) is 0 Å². The Balaban J connectivity index is 1.86. The van der Waals surface area contributed by atoms with Crippen molar-refractivity contribution in [1.29, 1.82) is 0 Å². The molecule has 29 heavy (non-hydrogen) atoms. The van der Waals surface area contributed by atoms with E-state index in [1.165, 1.54) is 0 Å². The van der Waals surface area contributed by atoms with Gasteiger partial charge in [-0.25, -0.2) is 18.0 Å². The molecule has 0 bridgehead atoms. The van der Waals surface area contributed by atoms with Gasteiger partial charge < -0.3 is 15.7 Å². The monoisotopic (exact) mass is 422 g/mol. The summed E-state index contributed by atoms with van der Waals surface area (Å²) in [7, 11) is 0. The fourth-order valence-corrected chi connectivity index (χ4v) is 4.03. The summed E-state index contributed by atoms with van der Waals surface area (Å²) in [6, 6.07) is 1.42. The normalized spacial score (nSPS) is 23.2. The van der Waals surface area contributed by atoms with Crippen molar-refractivity contribution in [3.05, 3.63) is 46.9 Å². The zero-order chi connectivity index (χ0) is 21.8. The van der Waals surface area contributed by atoms with Gasteiger partial charge >= 0.3 is 12.3 Å². The number of allylic oxidation sites excluding steroid dienone is 2. The van der Waals surface area contributed by atoms with Gasteiger partial charge in [-0.3, -0.25) is 4.79 Å². The highest BCUT2D eigenvalue weighted by atomic mass is 19.4. The van der Waals surface area contributed by atoms with Gasteiger partial charge in [0.05, 0.1) is 16.9 Å². The smallest absolute Gasteiger partial charge is 0.417 e. The van der Waals surface area contributed by atoms with E-state index in [2.05, 4.69) is 0 Å². The SMILES string of the molecule is N/C(=C/C(=O)c1ccc(F)cc1C(F)(F)F)C1C(F)(F)C12CCN(C(=O)O)CC2. The first-order valence-corrected chi connectivity index (χ1v) is 8.55. The molecule has 1 aromatic carbocycles. The molecule has 1 saturated carbocycles. The Morgan fingerprint density at radius 2 is 1.79 bits per heavy atom. The molecule has 5 nitrogen and oxygen atoms in total. The van der Waals surface area contributed by atoms with Crippen molar-refractivity contribution >= 4 is 11.9 Å². The summed E-state index contributed by atoms with van der Waals surface area (Å²) in [5, 5.41) is 8.93. The minimum Gasteiger partial charge on any atom is -0.465 e. The van der Waals surface area contributed by atoms with Crippen LogP contribution in [0.25, 0.3) is 0 Å². The van der Waals surface area contributed by atoms with Crippen molar-refractivity contribution in [2.75, 3.05) is 13.1 Å². The topological polar surface area (TPSA) is 83.6 Å². The van der Waals surface area contributed by atoms with Gasteiger partial charge in [0, 0.05) is 30.4 Å². The fourth-order valence-electron chi connectivity index (χ4n) is 4.03. The number of nitrogens with two attached hydrogens (primary N) is 1. The number of likely N-dealkylation sites (tertiary alicyclic amines) is 1. The molecule has 2 fully saturated rings. The average Bonchev–Trinajstić information content (AvgIpc) is 3.07. The van der Waals surface area contributed by atoms with Gasteiger partial charge in [0.1, 0.15) is 5.82 Å². The number of halogens is 6. The Morgan fingerprint density at radius 3 is 2.31 bits per heavy atom. The Morgan fingerprint density at radius 1 is 1.21 bits per heavy atom. The molecular formula is C18H16F6N2O3. The highest BCUT2D eigenvalue weighted by molar-refractivity contribution is 6.06. The average molecular weight is 422 g/mol. The molecule has 0 radical (unpaired) electrons. The molecule has 2 aliphatic rings. The molecule has 1 unspecified atom stereocenters. The number of carbonyl (C=O) groups excluding carboxylic acids is 1. The standard InChI is InChI=1S/C18H16F6N2O3/c19-9-1-2-10(11(7-9)18(22,23)24)13(27)8-12(25)14-16(17(14,20)21)3-5-26(6-4-16)15(28)29/h1-2,7-8,14H,3-6,25H2,(H,28,29)/b12-8+. The first-order chi connectivity index (χ1) is 13.3. The Labute approximate surface area is 160 Å². The van der Waals surface area contributed by atoms with Gasteiger partial charge in [0.2, 0.25) is 0 Å². The highest BCUT2D eigenvalue weighted by Crippen LogP contribution is 2.72. The second-order valence-corrected chi connectivity index (χ2v) is 7.18. The molecule has 3 N–H and O–H groups in total. The van der Waals surface area contributed by atoms with Crippen LogP contribution in [0.15, 0.2) is 30.0 Å². The maximum Gasteiger partial charge on any atom is 0.417 e. The summed E-state index contributed by atoms with van der Waals surface area (Å²) in [5.41, 5.74) is 1.01. The molecule has 11 heteroatoms. The van der Waals surface area contributed by atoms with Crippen LogP contribution >= 0.6 is 0 Å². The number of carboxylic acid groups (broad SMARTS) is 1. The number of hydrogen-bond acceptors (Lipinski definition) is 3. The molecule has 1 heterocycles. The quantitative estimate of drug-likeness (QED) is 0.440. The molecule has 1 amide bonds. The molecule has 158 valence electrons. The Kier molecular flexibility index (Phi) is 4.83. The summed E-state index contributed by atoms with van der Waals surface area (Å²) in [6.07, 6.45) is -6.13. The number of rotatable bonds is 3. The third kappa shape index (κ3) is 3.42. The Hall–Kier alpha value is -2.72. The van der Waals surface area contributed by atoms with Gasteiger partial charge in [-0.2, -0.15) is 13.2 Å². The second-order valence-electron chi connectivity index (χ2n) is 7.18. The van der Waals surface area contributed by atoms with E-state index in [9.17, 15) is 35.9 Å². The fraction of sp³-hybridized carbons (Fsp3) is 0.444. The van der Waals surface area contributed by atoms with E-state index in [0.717, 1.165) is 4.90 Å². The van der Waals surface area contributed by atoms with Crippen molar-refractivity contribution in [3.63, 3.8) is 0 Å². The van der Waals surface area contributed by atoms with Crippen molar-refractivity contribution in [2.45, 2.75) is 24.9 Å². The zero-order valence-corrected chi connectivity index (χ0v) is 14.8. The first-order valence-electron chi connectivity index (χ1n) is 8.55. The van der Waals surface area contributed by atoms with Crippen LogP contribution in [-0.2, 0) is 6.18 Å². The highest BCUT2D eigenvalue weighted by Gasteiger charge is 2.80. The van der Waals surface area contributed by atoms with Crippen LogP contribution in [0.2, 0.25) is 0 Å². The maximum atomic E-state index is 14.5. The van der Waals surface area contributed by atoms with Gasteiger partial charge in [0.25, 0.3) is 5.92 Å². The minimum atomic E-state index is -5.02. The van der Waals surface area contributed by atoms with Crippen molar-refractivity contribution in [3.8, 4) is 0 Å². The largest absolute Gasteiger partial charge is 0.465 e. The molecule has 1 saturated heterocycles. The predicted octanol–water partition coefficient (Wildman–Crippen LogP) is 3.90. The maximum absolute atomic E-state index is 14.5. The van der Waals surface area contributed by atoms with Gasteiger partial charge in [0.15, 0.2) is 5.78 Å². The van der Waals surface area contributed by atoms with E-state index < -0.39 is 57.9 Å². The molecule has 0 aromatic heterocycles. The van der Waals surface area contributed by atoms with E-state index in [0.29, 0.717) is 18.2 Å². The number of ketones is 1. The number of amides is 1. The lowest BCUT2D eigenvalue weighted by Crippen LogP contribution is -2.40. The van der Waals surface area contributed by atoms with E-state index in [1.807, 2.05) is 0 Å². The lowest BCUT2D eigenvalue weighted by Gasteiger charge is -2.30. The van der Waals surface area contributed by atoms with Crippen LogP contribution in [0.5, 0.6) is 0 Å². The number of nitrogens with zero attached hydrogens (tertiary/aromatic N) is 1. The number of hydrogen-bond donors (Lipinski definition) is 2. The van der Waals surface area contributed by atoms with E-state index in [-0.39, 0.29) is 32.0 Å². The van der Waals surface area contributed by atoms with Crippen LogP contribution in [0.1, 0.15) is 28.8 Å². The third-order valence-corrected chi connectivity index (χ3v) is 5.61. The second kappa shape index (κ2) is 6.67. The van der Waals surface area contributed by atoms with Crippen molar-refractivity contribution in [1.82, 2.24) is 4.90 Å². The van der Waals surface area contributed by atoms with Crippen LogP contribution < -0.4 is 5.73 Å². The summed E-state index contributed by atoms with van der Waals surface area (Å²) in [4.78, 5) is 24.2. The van der Waals surface area contributed by atoms with E-state index in [1.54, 1.807) is 0 Å². The minimum absolute atomic E-state index is 0.140. The number of piperidine rings is 1. The molecule has 1 aliphatic carbocycles. The molecule has 1 aliphatic heterocycles. The Bertz CT molecular complexity index is 888. The number of benzene rings is 1. The predicted molar refractivity (Wildman–Crippen MR) is 87.7 cm³/mol. The summed E-state index contributed by atoms with van der Waals surface area (Å²) >= 11 is 0. The van der Waals surface area contributed by atoms with Crippen LogP contribution in [-0.4, -0.2) is 40.9 Å². The molecule has 1 spiro atoms. The number of alkyl halides is 5. The first kappa shape index (κ1) is 21.0. The van der Waals surface area contributed by atoms with E-state index in [4.69, 9.17) is 10.8 Å². The molecular weight excluding hydrogens is 406 g/mol. The summed E-state index contributed by atoms with van der Waals surface area (Å²) in [5.74, 6) is -7.36. The van der Waals surface area contributed by atoms with Crippen molar-refractivity contribution < 1.29 is 41.0 Å². The van der Waals surface area contributed by atoms with Crippen LogP contribution in [0, 0.1) is 17.2 Å². The molecule has 1 aromatic rings. The van der Waals surface area contributed by atoms with Gasteiger partial charge in [-0.15, -0.1) is 0 Å². The van der Waals surface area contributed by atoms with E-state index >= 15 is 0 Å². The lowest BCUT2D eigenvalue weighted by atomic mass is 9.89. The summed E-state index contributed by atoms with van der Waals surface area (Å²) in [6.45, 7) is -0.280. The third-order valence-electron chi connectivity index (χ3n) is 5.61. The zero-order valence-electron chi connectivity index (χ0n) is 14.8. The van der Waals surface area contributed by atoms with Crippen LogP contribution in [0.3, 0.4) is 0 Å². The molecule has 3 rings (SSSR count). The lowest BCUT2D eigenvalue weighted by molar-refractivity contribution is -0.138. The van der Waals surface area contributed by atoms with Crippen LogP contribution in [0.4, 0.5) is 31.1 Å². The van der Waals surface area contributed by atoms with Crippen molar-refractivity contribution in [2.24, 2.45) is 17.1 Å². The summed E-state index contributed by atoms with van der Waals surface area (Å²) < 4.78 is 81.3.